The smallest absolute Gasteiger partial charge is 0.377 e. The molecule has 1 aromatic rings. The number of phenolic OH excluding ortho intramolecular Hbond substituents is 1. The molecule has 0 aliphatic rings. The summed E-state index contributed by atoms with van der Waals surface area (Å²) in [5.74, 6) is -10.9. The van der Waals surface area contributed by atoms with Gasteiger partial charge in [-0.05, 0) is 6.07 Å². The second kappa shape index (κ2) is 3.60. The molecule has 0 aliphatic heterocycles. The van der Waals surface area contributed by atoms with Crippen LogP contribution in [0.25, 0.3) is 0 Å². The molecule has 7 heteroatoms. The molecule has 0 atom stereocenters. The Hall–Kier alpha value is -2.05. The Labute approximate surface area is 80.6 Å². The van der Waals surface area contributed by atoms with Gasteiger partial charge >= 0.3 is 5.97 Å². The predicted octanol–water partition coefficient (Wildman–Crippen LogP) is 1.08. The molecule has 0 amide bonds. The van der Waals surface area contributed by atoms with Crippen molar-refractivity contribution in [2.45, 2.75) is 0 Å². The number of ketones is 1. The van der Waals surface area contributed by atoms with Crippen molar-refractivity contribution in [2.75, 3.05) is 0 Å². The molecule has 80 valence electrons. The Morgan fingerprint density at radius 3 is 2.13 bits per heavy atom. The average molecular weight is 220 g/mol. The summed E-state index contributed by atoms with van der Waals surface area (Å²) in [4.78, 5) is 20.9. The number of hydrogen-bond acceptors (Lipinski definition) is 3. The zero-order valence-corrected chi connectivity index (χ0v) is 6.92. The van der Waals surface area contributed by atoms with E-state index in [9.17, 15) is 22.8 Å². The van der Waals surface area contributed by atoms with Crippen molar-refractivity contribution in [1.29, 1.82) is 0 Å². The third-order valence-electron chi connectivity index (χ3n) is 1.57. The van der Waals surface area contributed by atoms with E-state index in [2.05, 4.69) is 0 Å². The molecule has 1 rings (SSSR count). The fourth-order valence-corrected chi connectivity index (χ4v) is 0.871. The highest BCUT2D eigenvalue weighted by Crippen LogP contribution is 2.25. The summed E-state index contributed by atoms with van der Waals surface area (Å²) < 4.78 is 38.0. The number of rotatable bonds is 2. The zero-order chi connectivity index (χ0) is 11.7. The van der Waals surface area contributed by atoms with E-state index in [1.54, 1.807) is 0 Å². The van der Waals surface area contributed by atoms with Gasteiger partial charge in [0.15, 0.2) is 17.4 Å². The van der Waals surface area contributed by atoms with E-state index in [4.69, 9.17) is 10.2 Å². The monoisotopic (exact) mass is 220 g/mol. The molecule has 0 aliphatic carbocycles. The molecule has 0 aromatic heterocycles. The number of carboxylic acids is 1. The van der Waals surface area contributed by atoms with Gasteiger partial charge in [0, 0.05) is 0 Å². The second-order valence-corrected chi connectivity index (χ2v) is 2.52. The topological polar surface area (TPSA) is 74.6 Å². The Morgan fingerprint density at radius 2 is 1.67 bits per heavy atom. The van der Waals surface area contributed by atoms with Crippen molar-refractivity contribution in [3.63, 3.8) is 0 Å². The van der Waals surface area contributed by atoms with Gasteiger partial charge in [-0.3, -0.25) is 4.79 Å². The first-order valence-corrected chi connectivity index (χ1v) is 3.50. The molecule has 0 fully saturated rings. The van der Waals surface area contributed by atoms with Gasteiger partial charge in [-0.25, -0.2) is 13.6 Å². The molecule has 15 heavy (non-hydrogen) atoms. The van der Waals surface area contributed by atoms with Gasteiger partial charge in [-0.15, -0.1) is 0 Å². The normalized spacial score (nSPS) is 10.1. The number of aromatic hydroxyl groups is 1. The Bertz CT molecular complexity index is 456. The molecule has 0 radical (unpaired) electrons. The molecule has 0 spiro atoms. The van der Waals surface area contributed by atoms with E-state index < -0.39 is 40.5 Å². The summed E-state index contributed by atoms with van der Waals surface area (Å²) in [5.41, 5.74) is -1.24. The summed E-state index contributed by atoms with van der Waals surface area (Å²) in [5, 5.41) is 16.9. The first-order valence-electron chi connectivity index (χ1n) is 3.50. The number of carboxylic acid groups (broad SMARTS) is 1. The van der Waals surface area contributed by atoms with Crippen molar-refractivity contribution in [3.8, 4) is 5.75 Å². The van der Waals surface area contributed by atoms with Crippen LogP contribution in [0.3, 0.4) is 0 Å². The lowest BCUT2D eigenvalue weighted by Crippen LogP contribution is -2.15. The van der Waals surface area contributed by atoms with Crippen LogP contribution in [0, 0.1) is 17.5 Å². The van der Waals surface area contributed by atoms with Gasteiger partial charge in [0.05, 0.1) is 5.56 Å². The van der Waals surface area contributed by atoms with Gasteiger partial charge in [-0.1, -0.05) is 0 Å². The number of benzene rings is 1. The first kappa shape index (κ1) is 11.0. The molecular weight excluding hydrogens is 217 g/mol. The lowest BCUT2D eigenvalue weighted by atomic mass is 10.1. The minimum atomic E-state index is -2.04. The van der Waals surface area contributed by atoms with Crippen molar-refractivity contribution < 1.29 is 33.0 Å². The molecular formula is C8H3F3O4. The highest BCUT2D eigenvalue weighted by Gasteiger charge is 2.25. The van der Waals surface area contributed by atoms with Crippen molar-refractivity contribution in [1.82, 2.24) is 0 Å². The van der Waals surface area contributed by atoms with Crippen molar-refractivity contribution >= 4 is 11.8 Å². The van der Waals surface area contributed by atoms with E-state index in [1.165, 1.54) is 0 Å². The lowest BCUT2D eigenvalue weighted by Gasteiger charge is -2.03. The highest BCUT2D eigenvalue weighted by molar-refractivity contribution is 6.40. The standard InChI is InChI=1S/C8H3F3O4/c9-3-1-2(6(12)8(14)15)4(10)7(13)5(3)11/h1,13H,(H,14,15). The fraction of sp³-hybridized carbons (Fsp3) is 0. The number of carbonyl (C=O) groups excluding carboxylic acids is 1. The van der Waals surface area contributed by atoms with Crippen LogP contribution in [0.5, 0.6) is 5.75 Å². The SMILES string of the molecule is O=C(O)C(=O)c1cc(F)c(F)c(O)c1F. The summed E-state index contributed by atoms with van der Waals surface area (Å²) in [6.07, 6.45) is 0. The van der Waals surface area contributed by atoms with E-state index in [0.29, 0.717) is 0 Å². The van der Waals surface area contributed by atoms with Crippen molar-refractivity contribution in [2.24, 2.45) is 0 Å². The molecule has 2 N–H and O–H groups in total. The maximum absolute atomic E-state index is 12.9. The van der Waals surface area contributed by atoms with Crippen molar-refractivity contribution in [3.05, 3.63) is 29.1 Å². The number of phenols is 1. The number of halogens is 3. The predicted molar refractivity (Wildman–Crippen MR) is 39.9 cm³/mol. The molecule has 0 saturated heterocycles. The summed E-state index contributed by atoms with van der Waals surface area (Å²) in [7, 11) is 0. The lowest BCUT2D eigenvalue weighted by molar-refractivity contribution is -0.131. The molecule has 4 nitrogen and oxygen atoms in total. The molecule has 0 heterocycles. The van der Waals surface area contributed by atoms with Gasteiger partial charge in [-0.2, -0.15) is 4.39 Å². The highest BCUT2D eigenvalue weighted by atomic mass is 19.2. The van der Waals surface area contributed by atoms with Gasteiger partial charge in [0.25, 0.3) is 5.78 Å². The van der Waals surface area contributed by atoms with E-state index in [1.807, 2.05) is 0 Å². The molecule has 0 unspecified atom stereocenters. The van der Waals surface area contributed by atoms with E-state index >= 15 is 0 Å². The molecule has 0 saturated carbocycles. The number of carbonyl (C=O) groups is 2. The molecule has 1 aromatic carbocycles. The third kappa shape index (κ3) is 1.76. The quantitative estimate of drug-likeness (QED) is 0.444. The fourth-order valence-electron chi connectivity index (χ4n) is 0.871. The van der Waals surface area contributed by atoms with Crippen LogP contribution in [-0.2, 0) is 4.79 Å². The van der Waals surface area contributed by atoms with Crippen LogP contribution in [0.15, 0.2) is 6.07 Å². The summed E-state index contributed by atoms with van der Waals surface area (Å²) in [6.45, 7) is 0. The average Bonchev–Trinajstić information content (AvgIpc) is 2.19. The maximum atomic E-state index is 12.9. The number of hydrogen-bond donors (Lipinski definition) is 2. The van der Waals surface area contributed by atoms with Crippen LogP contribution in [0.2, 0.25) is 0 Å². The van der Waals surface area contributed by atoms with Gasteiger partial charge in [0.1, 0.15) is 0 Å². The third-order valence-corrected chi connectivity index (χ3v) is 1.57. The largest absolute Gasteiger partial charge is 0.503 e. The minimum Gasteiger partial charge on any atom is -0.503 e. The Morgan fingerprint density at radius 1 is 1.13 bits per heavy atom. The van der Waals surface area contributed by atoms with Crippen LogP contribution < -0.4 is 0 Å². The minimum absolute atomic E-state index is 0.0703. The van der Waals surface area contributed by atoms with Crippen LogP contribution in [0.1, 0.15) is 10.4 Å². The van der Waals surface area contributed by atoms with E-state index in [-0.39, 0.29) is 6.07 Å². The Balaban J connectivity index is 3.45. The number of Topliss-reactive ketones (excluding diaryl/α,β-unsaturated/α-hetero) is 1. The van der Waals surface area contributed by atoms with Gasteiger partial charge in [0.2, 0.25) is 5.82 Å². The summed E-state index contributed by atoms with van der Waals surface area (Å²) >= 11 is 0. The first-order chi connectivity index (χ1) is 6.86. The van der Waals surface area contributed by atoms with Crippen LogP contribution in [-0.4, -0.2) is 22.0 Å². The van der Waals surface area contributed by atoms with Crippen LogP contribution in [0.4, 0.5) is 13.2 Å². The zero-order valence-electron chi connectivity index (χ0n) is 6.92. The van der Waals surface area contributed by atoms with E-state index in [0.717, 1.165) is 0 Å². The van der Waals surface area contributed by atoms with Crippen LogP contribution >= 0.6 is 0 Å². The second-order valence-electron chi connectivity index (χ2n) is 2.52. The van der Waals surface area contributed by atoms with Gasteiger partial charge < -0.3 is 10.2 Å². The maximum Gasteiger partial charge on any atom is 0.377 e. The number of aliphatic carboxylic acids is 1. The molecule has 0 bridgehead atoms. The summed E-state index contributed by atoms with van der Waals surface area (Å²) in [6, 6.07) is 0.0703. The Kier molecular flexibility index (Phi) is 2.65.